The van der Waals surface area contributed by atoms with Crippen molar-refractivity contribution >= 4 is 16.9 Å². The lowest BCUT2D eigenvalue weighted by Crippen LogP contribution is -2.44. The molecule has 0 bridgehead atoms. The summed E-state index contributed by atoms with van der Waals surface area (Å²) in [4.78, 5) is 30.5. The molecule has 1 heterocycles. The van der Waals surface area contributed by atoms with Crippen LogP contribution in [0.5, 0.6) is 0 Å². The fourth-order valence-corrected chi connectivity index (χ4v) is 2.67. The van der Waals surface area contributed by atoms with Crippen LogP contribution < -0.4 is 5.56 Å². The van der Waals surface area contributed by atoms with Crippen LogP contribution in [0.3, 0.4) is 0 Å². The number of rotatable bonds is 4. The Balaban J connectivity index is 2.42. The Bertz CT molecular complexity index is 696. The van der Waals surface area contributed by atoms with Gasteiger partial charge in [-0.15, -0.1) is 0 Å². The van der Waals surface area contributed by atoms with Gasteiger partial charge in [-0.3, -0.25) is 14.2 Å². The molecule has 112 valence electrons. The van der Waals surface area contributed by atoms with E-state index in [1.165, 1.54) is 10.8 Å². The van der Waals surface area contributed by atoms with Crippen molar-refractivity contribution < 1.29 is 4.79 Å². The van der Waals surface area contributed by atoms with Crippen LogP contribution >= 0.6 is 0 Å². The summed E-state index contributed by atoms with van der Waals surface area (Å²) in [5.41, 5.74) is 1.14. The molecule has 1 amide bonds. The first-order valence-electron chi connectivity index (χ1n) is 7.17. The molecule has 0 aliphatic rings. The molecule has 0 saturated carbocycles. The molecule has 0 fully saturated rings. The molecular formula is C16H21N3O2. The highest BCUT2D eigenvalue weighted by atomic mass is 16.2. The zero-order chi connectivity index (χ0) is 15.6. The molecule has 1 aromatic carbocycles. The van der Waals surface area contributed by atoms with Gasteiger partial charge >= 0.3 is 0 Å². The first-order valence-corrected chi connectivity index (χ1v) is 7.17. The molecule has 2 rings (SSSR count). The van der Waals surface area contributed by atoms with E-state index in [-0.39, 0.29) is 30.1 Å². The summed E-state index contributed by atoms with van der Waals surface area (Å²) in [5.74, 6) is -0.0570. The number of hydrogen-bond acceptors (Lipinski definition) is 3. The third-order valence-electron chi connectivity index (χ3n) is 3.45. The Morgan fingerprint density at radius 2 is 1.81 bits per heavy atom. The molecule has 2 aromatic rings. The van der Waals surface area contributed by atoms with Crippen molar-refractivity contribution in [2.75, 3.05) is 0 Å². The van der Waals surface area contributed by atoms with Gasteiger partial charge in [-0.1, -0.05) is 12.1 Å². The lowest BCUT2D eigenvalue weighted by atomic mass is 10.2. The molecule has 0 atom stereocenters. The summed E-state index contributed by atoms with van der Waals surface area (Å²) in [5, 5.41) is 0. The van der Waals surface area contributed by atoms with Crippen molar-refractivity contribution in [2.45, 2.75) is 46.3 Å². The second kappa shape index (κ2) is 6.08. The molecule has 0 unspecified atom stereocenters. The minimum atomic E-state index is -0.255. The fourth-order valence-electron chi connectivity index (χ4n) is 2.67. The number of para-hydroxylation sites is 2. The van der Waals surface area contributed by atoms with Crippen molar-refractivity contribution in [3.63, 3.8) is 0 Å². The van der Waals surface area contributed by atoms with Gasteiger partial charge in [-0.05, 0) is 39.8 Å². The number of carbonyl (C=O) groups excluding carboxylic acids is 1. The van der Waals surface area contributed by atoms with Gasteiger partial charge in [-0.2, -0.15) is 0 Å². The SMILES string of the molecule is CC(C)N(C(=O)Cn1c(=O)cnc2ccccc21)C(C)C. The van der Waals surface area contributed by atoms with Crippen LogP contribution in [0.15, 0.2) is 35.3 Å². The minimum absolute atomic E-state index is 0.0399. The van der Waals surface area contributed by atoms with Crippen molar-refractivity contribution in [2.24, 2.45) is 0 Å². The van der Waals surface area contributed by atoms with Crippen LogP contribution in [-0.4, -0.2) is 32.4 Å². The Morgan fingerprint density at radius 3 is 2.43 bits per heavy atom. The third-order valence-corrected chi connectivity index (χ3v) is 3.45. The second-order valence-electron chi connectivity index (χ2n) is 5.66. The average molecular weight is 287 g/mol. The maximum absolute atomic E-state index is 12.5. The van der Waals surface area contributed by atoms with E-state index >= 15 is 0 Å². The Labute approximate surface area is 124 Å². The molecular weight excluding hydrogens is 266 g/mol. The predicted octanol–water partition coefficient (Wildman–Crippen LogP) is 2.04. The van der Waals surface area contributed by atoms with Crippen molar-refractivity contribution in [3.8, 4) is 0 Å². The topological polar surface area (TPSA) is 55.2 Å². The highest BCUT2D eigenvalue weighted by Gasteiger charge is 2.21. The highest BCUT2D eigenvalue weighted by Crippen LogP contribution is 2.11. The molecule has 0 spiro atoms. The number of amides is 1. The molecule has 0 N–H and O–H groups in total. The van der Waals surface area contributed by atoms with E-state index in [0.717, 1.165) is 0 Å². The van der Waals surface area contributed by atoms with E-state index in [1.54, 1.807) is 4.90 Å². The molecule has 5 nitrogen and oxygen atoms in total. The second-order valence-corrected chi connectivity index (χ2v) is 5.66. The lowest BCUT2D eigenvalue weighted by Gasteiger charge is -2.31. The summed E-state index contributed by atoms with van der Waals surface area (Å²) < 4.78 is 1.49. The van der Waals surface area contributed by atoms with Crippen molar-refractivity contribution in [1.82, 2.24) is 14.5 Å². The van der Waals surface area contributed by atoms with Crippen molar-refractivity contribution in [1.29, 1.82) is 0 Å². The largest absolute Gasteiger partial charge is 0.336 e. The van der Waals surface area contributed by atoms with E-state index in [9.17, 15) is 9.59 Å². The number of fused-ring (bicyclic) bond motifs is 1. The minimum Gasteiger partial charge on any atom is -0.336 e. The summed E-state index contributed by atoms with van der Waals surface area (Å²) in [6, 6.07) is 7.54. The number of nitrogens with zero attached hydrogens (tertiary/aromatic N) is 3. The summed E-state index contributed by atoms with van der Waals surface area (Å²) in [7, 11) is 0. The normalized spacial score (nSPS) is 11.3. The van der Waals surface area contributed by atoms with Crippen LogP contribution in [-0.2, 0) is 11.3 Å². The molecule has 0 aliphatic heterocycles. The monoisotopic (exact) mass is 287 g/mol. The first kappa shape index (κ1) is 15.2. The standard InChI is InChI=1S/C16H21N3O2/c1-11(2)19(12(3)4)16(21)10-18-14-8-6-5-7-13(14)17-9-15(18)20/h5-9,11-12H,10H2,1-4H3. The number of carbonyl (C=O) groups is 1. The van der Waals surface area contributed by atoms with E-state index in [2.05, 4.69) is 4.98 Å². The van der Waals surface area contributed by atoms with E-state index in [4.69, 9.17) is 0 Å². The zero-order valence-electron chi connectivity index (χ0n) is 12.9. The maximum Gasteiger partial charge on any atom is 0.269 e. The van der Waals surface area contributed by atoms with Gasteiger partial charge in [0.05, 0.1) is 17.2 Å². The molecule has 0 saturated heterocycles. The molecule has 0 radical (unpaired) electrons. The summed E-state index contributed by atoms with van der Waals surface area (Å²) >= 11 is 0. The van der Waals surface area contributed by atoms with E-state index in [1.807, 2.05) is 52.0 Å². The van der Waals surface area contributed by atoms with Crippen LogP contribution in [0.2, 0.25) is 0 Å². The highest BCUT2D eigenvalue weighted by molar-refractivity contribution is 5.80. The molecule has 21 heavy (non-hydrogen) atoms. The predicted molar refractivity (Wildman–Crippen MR) is 83.1 cm³/mol. The Morgan fingerprint density at radius 1 is 1.19 bits per heavy atom. The van der Waals surface area contributed by atoms with E-state index in [0.29, 0.717) is 11.0 Å². The number of hydrogen-bond donors (Lipinski definition) is 0. The number of aromatic nitrogens is 2. The quantitative estimate of drug-likeness (QED) is 0.864. The number of benzene rings is 1. The van der Waals surface area contributed by atoms with Gasteiger partial charge in [0.15, 0.2) is 0 Å². The molecule has 1 aromatic heterocycles. The van der Waals surface area contributed by atoms with Gasteiger partial charge in [0.2, 0.25) is 5.91 Å². The van der Waals surface area contributed by atoms with Gasteiger partial charge in [0, 0.05) is 12.1 Å². The Kier molecular flexibility index (Phi) is 4.40. The molecule has 0 aliphatic carbocycles. The zero-order valence-corrected chi connectivity index (χ0v) is 12.9. The van der Waals surface area contributed by atoms with Crippen LogP contribution in [0, 0.1) is 0 Å². The molecule has 5 heteroatoms. The first-order chi connectivity index (χ1) is 9.91. The summed E-state index contributed by atoms with van der Waals surface area (Å²) in [6.07, 6.45) is 1.27. The lowest BCUT2D eigenvalue weighted by molar-refractivity contribution is -0.135. The van der Waals surface area contributed by atoms with Crippen LogP contribution in [0.25, 0.3) is 11.0 Å². The maximum atomic E-state index is 12.5. The van der Waals surface area contributed by atoms with E-state index < -0.39 is 0 Å². The fraction of sp³-hybridized carbons (Fsp3) is 0.438. The third kappa shape index (κ3) is 3.12. The van der Waals surface area contributed by atoms with Crippen LogP contribution in [0.4, 0.5) is 0 Å². The van der Waals surface area contributed by atoms with Crippen molar-refractivity contribution in [3.05, 3.63) is 40.8 Å². The Hall–Kier alpha value is -2.17. The smallest absolute Gasteiger partial charge is 0.269 e. The van der Waals surface area contributed by atoms with Gasteiger partial charge in [-0.25, -0.2) is 4.98 Å². The van der Waals surface area contributed by atoms with Crippen LogP contribution in [0.1, 0.15) is 27.7 Å². The summed E-state index contributed by atoms with van der Waals surface area (Å²) in [6.45, 7) is 7.95. The van der Waals surface area contributed by atoms with Gasteiger partial charge < -0.3 is 4.90 Å². The average Bonchev–Trinajstić information content (AvgIpc) is 2.41. The van der Waals surface area contributed by atoms with Gasteiger partial charge in [0.25, 0.3) is 5.56 Å². The van der Waals surface area contributed by atoms with Gasteiger partial charge in [0.1, 0.15) is 6.54 Å².